The van der Waals surface area contributed by atoms with Crippen molar-refractivity contribution in [2.75, 3.05) is 46.0 Å². The van der Waals surface area contributed by atoms with Gasteiger partial charge in [-0.2, -0.15) is 0 Å². The topological polar surface area (TPSA) is 124 Å². The molecule has 25 heavy (non-hydrogen) atoms. The summed E-state index contributed by atoms with van der Waals surface area (Å²) in [7, 11) is -0.412. The number of hydrogen-bond acceptors (Lipinski definition) is 6. The molecule has 0 radical (unpaired) electrons. The molecule has 1 heterocycles. The van der Waals surface area contributed by atoms with Gasteiger partial charge in [0.25, 0.3) is 11.8 Å². The van der Waals surface area contributed by atoms with Gasteiger partial charge in [0, 0.05) is 37.3 Å². The number of amides is 3. The second-order valence-corrected chi connectivity index (χ2v) is 8.14. The molecule has 0 bridgehead atoms. The van der Waals surface area contributed by atoms with E-state index in [0.717, 1.165) is 4.90 Å². The van der Waals surface area contributed by atoms with Crippen molar-refractivity contribution >= 4 is 27.8 Å². The van der Waals surface area contributed by atoms with Crippen LogP contribution in [0, 0.1) is 0 Å². The van der Waals surface area contributed by atoms with E-state index in [2.05, 4.69) is 5.32 Å². The molecule has 1 aliphatic rings. The number of likely N-dealkylation sites (N-methyl/N-ethyl adjacent to an activating group) is 1. The number of nitrogens with one attached hydrogen (secondary N) is 1. The highest BCUT2D eigenvalue weighted by Crippen LogP contribution is 2.05. The summed E-state index contributed by atoms with van der Waals surface area (Å²) >= 11 is 0. The number of quaternary nitrogens is 1. The Morgan fingerprint density at radius 2 is 1.76 bits per heavy atom. The lowest BCUT2D eigenvalue weighted by atomic mass is 10.2. The van der Waals surface area contributed by atoms with Gasteiger partial charge in [-0.25, -0.2) is 8.42 Å². The van der Waals surface area contributed by atoms with Crippen LogP contribution in [-0.2, 0) is 24.5 Å². The lowest BCUT2D eigenvalue weighted by Gasteiger charge is -2.30. The van der Waals surface area contributed by atoms with Gasteiger partial charge in [0.15, 0.2) is 0 Å². The second-order valence-electron chi connectivity index (χ2n) is 6.61. The molecule has 1 rings (SSSR count). The van der Waals surface area contributed by atoms with Gasteiger partial charge in [-0.1, -0.05) is 0 Å². The van der Waals surface area contributed by atoms with E-state index in [1.807, 2.05) is 14.1 Å². The first-order valence-corrected chi connectivity index (χ1v) is 9.64. The molecule has 0 aromatic carbocycles. The minimum absolute atomic E-state index is 0.172. The molecule has 0 spiro atoms. The molecule has 1 aliphatic heterocycles. The molecule has 0 saturated carbocycles. The summed E-state index contributed by atoms with van der Waals surface area (Å²) in [5, 5.41) is 2.75. The van der Waals surface area contributed by atoms with Gasteiger partial charge in [0.05, 0.1) is 43.8 Å². The van der Waals surface area contributed by atoms with Crippen molar-refractivity contribution in [3.63, 3.8) is 0 Å². The Kier molecular flexibility index (Phi) is 7.71. The highest BCUT2D eigenvalue weighted by atomic mass is 32.2. The largest absolute Gasteiger partial charge is 0.748 e. The van der Waals surface area contributed by atoms with Crippen LogP contribution < -0.4 is 5.32 Å². The summed E-state index contributed by atoms with van der Waals surface area (Å²) in [6.45, 7) is 1.74. The Labute approximate surface area is 148 Å². The Morgan fingerprint density at radius 3 is 2.32 bits per heavy atom. The van der Waals surface area contributed by atoms with E-state index in [0.29, 0.717) is 30.5 Å². The van der Waals surface area contributed by atoms with E-state index >= 15 is 0 Å². The average Bonchev–Trinajstić information content (AvgIpc) is 2.77. The van der Waals surface area contributed by atoms with E-state index < -0.39 is 10.1 Å². The Balaban J connectivity index is 2.17. The molecule has 0 saturated heterocycles. The first kappa shape index (κ1) is 21.3. The third-order valence-corrected chi connectivity index (χ3v) is 4.67. The molecule has 10 heteroatoms. The van der Waals surface area contributed by atoms with Gasteiger partial charge >= 0.3 is 0 Å². The van der Waals surface area contributed by atoms with Crippen LogP contribution in [0.2, 0.25) is 0 Å². The Morgan fingerprint density at radius 1 is 1.16 bits per heavy atom. The molecule has 0 aromatic rings. The van der Waals surface area contributed by atoms with Gasteiger partial charge in [-0.05, 0) is 6.42 Å². The third kappa shape index (κ3) is 8.75. The van der Waals surface area contributed by atoms with Gasteiger partial charge in [0.2, 0.25) is 5.91 Å². The summed E-state index contributed by atoms with van der Waals surface area (Å²) in [5.41, 5.74) is 0. The fraction of sp³-hybridized carbons (Fsp3) is 0.667. The van der Waals surface area contributed by atoms with Crippen LogP contribution in [0.4, 0.5) is 0 Å². The van der Waals surface area contributed by atoms with Gasteiger partial charge in [-0.3, -0.25) is 19.3 Å². The first-order valence-electron chi connectivity index (χ1n) is 8.06. The van der Waals surface area contributed by atoms with E-state index in [-0.39, 0.29) is 42.9 Å². The molecule has 9 nitrogen and oxygen atoms in total. The minimum Gasteiger partial charge on any atom is -0.748 e. The average molecular weight is 375 g/mol. The van der Waals surface area contributed by atoms with Crippen LogP contribution in [0.3, 0.4) is 0 Å². The van der Waals surface area contributed by atoms with Gasteiger partial charge < -0.3 is 14.4 Å². The minimum atomic E-state index is -4.19. The molecule has 0 unspecified atom stereocenters. The number of rotatable bonds is 11. The summed E-state index contributed by atoms with van der Waals surface area (Å²) in [6.07, 6.45) is 3.29. The monoisotopic (exact) mass is 375 g/mol. The molecule has 0 fully saturated rings. The summed E-state index contributed by atoms with van der Waals surface area (Å²) in [6, 6.07) is 0. The first-order chi connectivity index (χ1) is 11.5. The fourth-order valence-electron chi connectivity index (χ4n) is 2.42. The van der Waals surface area contributed by atoms with Crippen molar-refractivity contribution in [3.8, 4) is 0 Å². The third-order valence-electron chi connectivity index (χ3n) is 3.88. The molecule has 3 amide bonds. The number of imide groups is 1. The van der Waals surface area contributed by atoms with E-state index in [1.54, 1.807) is 0 Å². The lowest BCUT2D eigenvalue weighted by Crippen LogP contribution is -2.46. The van der Waals surface area contributed by atoms with E-state index in [1.165, 1.54) is 12.2 Å². The zero-order chi connectivity index (χ0) is 19.1. The number of hydrogen-bond donors (Lipinski definition) is 1. The Bertz CT molecular complexity index is 624. The summed E-state index contributed by atoms with van der Waals surface area (Å²) in [5.74, 6) is -1.27. The second kappa shape index (κ2) is 9.07. The van der Waals surface area contributed by atoms with Crippen molar-refractivity contribution < 1.29 is 31.8 Å². The highest BCUT2D eigenvalue weighted by Gasteiger charge is 2.22. The maximum absolute atomic E-state index is 11.8. The van der Waals surface area contributed by atoms with Crippen LogP contribution in [0.25, 0.3) is 0 Å². The maximum atomic E-state index is 11.8. The molecular formula is C15H25N3O6S. The van der Waals surface area contributed by atoms with Crippen LogP contribution >= 0.6 is 0 Å². The van der Waals surface area contributed by atoms with Gasteiger partial charge in [0.1, 0.15) is 0 Å². The van der Waals surface area contributed by atoms with Crippen LogP contribution in [-0.4, -0.2) is 86.1 Å². The predicted octanol–water partition coefficient (Wildman–Crippen LogP) is -1.18. The molecule has 0 atom stereocenters. The SMILES string of the molecule is C[N+](C)(CCCS(=O)(=O)[O-])CCNC(=O)CCCN1C(=O)C=CC1=O. The Hall–Kier alpha value is -1.78. The zero-order valence-electron chi connectivity index (χ0n) is 14.6. The fourth-order valence-corrected chi connectivity index (χ4v) is 2.90. The molecule has 0 aliphatic carbocycles. The highest BCUT2D eigenvalue weighted by molar-refractivity contribution is 7.85. The molecule has 1 N–H and O–H groups in total. The standard InChI is InChI=1S/C15H25N3O6S/c1-18(2,10-4-12-25(22,23)24)11-8-16-13(19)5-3-9-17-14(20)6-7-15(17)21/h6-7H,3-5,8-12H2,1-2H3,(H-,16,19,22,23,24). The quantitative estimate of drug-likeness (QED) is 0.275. The van der Waals surface area contributed by atoms with Crippen LogP contribution in [0.15, 0.2) is 12.2 Å². The predicted molar refractivity (Wildman–Crippen MR) is 89.1 cm³/mol. The summed E-state index contributed by atoms with van der Waals surface area (Å²) in [4.78, 5) is 35.6. The van der Waals surface area contributed by atoms with Crippen molar-refractivity contribution in [1.82, 2.24) is 10.2 Å². The molecule has 142 valence electrons. The zero-order valence-corrected chi connectivity index (χ0v) is 15.4. The number of carbonyl (C=O) groups is 3. The van der Waals surface area contributed by atoms with Crippen molar-refractivity contribution in [1.29, 1.82) is 0 Å². The van der Waals surface area contributed by atoms with Crippen molar-refractivity contribution in [2.45, 2.75) is 19.3 Å². The van der Waals surface area contributed by atoms with Gasteiger partial charge in [-0.15, -0.1) is 0 Å². The van der Waals surface area contributed by atoms with Crippen LogP contribution in [0.1, 0.15) is 19.3 Å². The molecular weight excluding hydrogens is 350 g/mol. The van der Waals surface area contributed by atoms with Crippen LogP contribution in [0.5, 0.6) is 0 Å². The van der Waals surface area contributed by atoms with E-state index in [4.69, 9.17) is 0 Å². The van der Waals surface area contributed by atoms with Crippen molar-refractivity contribution in [2.24, 2.45) is 0 Å². The van der Waals surface area contributed by atoms with E-state index in [9.17, 15) is 27.4 Å². The lowest BCUT2D eigenvalue weighted by molar-refractivity contribution is -0.889. The normalized spacial score (nSPS) is 15.1. The summed E-state index contributed by atoms with van der Waals surface area (Å²) < 4.78 is 32.2. The number of nitrogens with zero attached hydrogens (tertiary/aromatic N) is 2. The maximum Gasteiger partial charge on any atom is 0.253 e. The van der Waals surface area contributed by atoms with Crippen molar-refractivity contribution in [3.05, 3.63) is 12.2 Å². The molecule has 0 aromatic heterocycles. The smallest absolute Gasteiger partial charge is 0.253 e. The number of carbonyl (C=O) groups excluding carboxylic acids is 3.